The average Bonchev–Trinajstić information content (AvgIpc) is 2.38. The molecule has 0 fully saturated rings. The summed E-state index contributed by atoms with van der Waals surface area (Å²) < 4.78 is 5.21. The third-order valence-electron chi connectivity index (χ3n) is 2.88. The second-order valence-electron chi connectivity index (χ2n) is 6.10. The van der Waals surface area contributed by atoms with Gasteiger partial charge in [-0.2, -0.15) is 0 Å². The maximum absolute atomic E-state index is 12.1. The third-order valence-corrected chi connectivity index (χ3v) is 2.88. The SMILES string of the molecule is CN[C@@H](CC(=O)O)C(=O)N(C)CCN(C)C(=O)OC(C)(C)C. The van der Waals surface area contributed by atoms with E-state index in [2.05, 4.69) is 5.32 Å². The highest BCUT2D eigenvalue weighted by atomic mass is 16.6. The molecule has 0 saturated carbocycles. The van der Waals surface area contributed by atoms with Crippen molar-refractivity contribution in [3.05, 3.63) is 0 Å². The molecule has 0 aliphatic carbocycles. The largest absolute Gasteiger partial charge is 0.481 e. The van der Waals surface area contributed by atoms with Crippen LogP contribution in [0.3, 0.4) is 0 Å². The molecule has 0 heterocycles. The van der Waals surface area contributed by atoms with Crippen molar-refractivity contribution >= 4 is 18.0 Å². The maximum atomic E-state index is 12.1. The number of likely N-dealkylation sites (N-methyl/N-ethyl adjacent to an activating group) is 3. The van der Waals surface area contributed by atoms with E-state index in [0.717, 1.165) is 0 Å². The molecule has 0 radical (unpaired) electrons. The Morgan fingerprint density at radius 3 is 2.05 bits per heavy atom. The average molecular weight is 317 g/mol. The van der Waals surface area contributed by atoms with Gasteiger partial charge in [-0.15, -0.1) is 0 Å². The van der Waals surface area contributed by atoms with Gasteiger partial charge in [-0.05, 0) is 27.8 Å². The number of carbonyl (C=O) groups is 3. The molecule has 0 aromatic rings. The van der Waals surface area contributed by atoms with Gasteiger partial charge in [-0.3, -0.25) is 9.59 Å². The molecule has 0 saturated heterocycles. The minimum absolute atomic E-state index is 0.284. The Morgan fingerprint density at radius 1 is 1.14 bits per heavy atom. The van der Waals surface area contributed by atoms with Crippen molar-refractivity contribution < 1.29 is 24.2 Å². The van der Waals surface area contributed by atoms with Gasteiger partial charge in [0.05, 0.1) is 12.5 Å². The van der Waals surface area contributed by atoms with Crippen molar-refractivity contribution in [2.75, 3.05) is 34.2 Å². The topological polar surface area (TPSA) is 99.2 Å². The highest BCUT2D eigenvalue weighted by Gasteiger charge is 2.24. The van der Waals surface area contributed by atoms with Crippen LogP contribution < -0.4 is 5.32 Å². The van der Waals surface area contributed by atoms with Crippen LogP contribution in [-0.4, -0.2) is 78.8 Å². The molecule has 0 aromatic heterocycles. The van der Waals surface area contributed by atoms with E-state index in [1.54, 1.807) is 34.9 Å². The smallest absolute Gasteiger partial charge is 0.410 e. The number of nitrogens with zero attached hydrogens (tertiary/aromatic N) is 2. The second kappa shape index (κ2) is 8.57. The number of carboxylic acids is 1. The number of aliphatic carboxylic acids is 1. The van der Waals surface area contributed by atoms with Gasteiger partial charge in [0, 0.05) is 27.2 Å². The first kappa shape index (κ1) is 20.2. The summed E-state index contributed by atoms with van der Waals surface area (Å²) in [6, 6.07) is -0.783. The first-order valence-corrected chi connectivity index (χ1v) is 7.06. The molecular formula is C14H27N3O5. The summed E-state index contributed by atoms with van der Waals surface area (Å²) in [4.78, 5) is 37.3. The van der Waals surface area contributed by atoms with E-state index in [9.17, 15) is 14.4 Å². The maximum Gasteiger partial charge on any atom is 0.410 e. The van der Waals surface area contributed by atoms with Crippen molar-refractivity contribution in [1.29, 1.82) is 0 Å². The van der Waals surface area contributed by atoms with Gasteiger partial charge >= 0.3 is 12.1 Å². The van der Waals surface area contributed by atoms with Crippen LogP contribution in [0.25, 0.3) is 0 Å². The Morgan fingerprint density at radius 2 is 1.64 bits per heavy atom. The van der Waals surface area contributed by atoms with E-state index in [0.29, 0.717) is 6.54 Å². The van der Waals surface area contributed by atoms with Crippen molar-refractivity contribution in [3.8, 4) is 0 Å². The highest BCUT2D eigenvalue weighted by Crippen LogP contribution is 2.09. The van der Waals surface area contributed by atoms with Crippen LogP contribution >= 0.6 is 0 Å². The molecule has 128 valence electrons. The molecule has 2 amide bonds. The van der Waals surface area contributed by atoms with Crippen LogP contribution in [0.4, 0.5) is 4.79 Å². The fourth-order valence-electron chi connectivity index (χ4n) is 1.59. The fourth-order valence-corrected chi connectivity index (χ4v) is 1.59. The number of carboxylic acid groups (broad SMARTS) is 1. The molecule has 1 atom stereocenters. The van der Waals surface area contributed by atoms with Crippen LogP contribution in [0, 0.1) is 0 Å². The van der Waals surface area contributed by atoms with Gasteiger partial charge in [0.2, 0.25) is 5.91 Å². The lowest BCUT2D eigenvalue weighted by atomic mass is 10.2. The summed E-state index contributed by atoms with van der Waals surface area (Å²) in [5, 5.41) is 11.4. The second-order valence-corrected chi connectivity index (χ2v) is 6.10. The summed E-state index contributed by atoms with van der Waals surface area (Å²) in [7, 11) is 4.68. The van der Waals surface area contributed by atoms with Crippen molar-refractivity contribution in [3.63, 3.8) is 0 Å². The monoisotopic (exact) mass is 317 g/mol. The lowest BCUT2D eigenvalue weighted by Crippen LogP contribution is -2.47. The summed E-state index contributed by atoms with van der Waals surface area (Å²) in [6.45, 7) is 5.90. The van der Waals surface area contributed by atoms with E-state index in [1.165, 1.54) is 16.8 Å². The van der Waals surface area contributed by atoms with Gasteiger partial charge in [0.15, 0.2) is 0 Å². The Hall–Kier alpha value is -1.83. The molecule has 8 nitrogen and oxygen atoms in total. The van der Waals surface area contributed by atoms with Crippen LogP contribution in [0.15, 0.2) is 0 Å². The predicted molar refractivity (Wildman–Crippen MR) is 81.6 cm³/mol. The molecule has 2 N–H and O–H groups in total. The number of nitrogens with one attached hydrogen (secondary N) is 1. The zero-order chi connectivity index (χ0) is 17.5. The van der Waals surface area contributed by atoms with E-state index in [1.807, 2.05) is 0 Å². The molecular weight excluding hydrogens is 290 g/mol. The van der Waals surface area contributed by atoms with Gasteiger partial charge in [0.25, 0.3) is 0 Å². The first-order valence-electron chi connectivity index (χ1n) is 7.06. The molecule has 0 rings (SSSR count). The van der Waals surface area contributed by atoms with E-state index >= 15 is 0 Å². The molecule has 0 aliphatic rings. The van der Waals surface area contributed by atoms with E-state index < -0.39 is 23.7 Å². The standard InChI is InChI=1S/C14H27N3O5/c1-14(2,3)22-13(21)17(6)8-7-16(5)12(20)10(15-4)9-11(18)19/h10,15H,7-9H2,1-6H3,(H,18,19)/t10-/m0/s1. The molecule has 0 aliphatic heterocycles. The van der Waals surface area contributed by atoms with Gasteiger partial charge in [-0.25, -0.2) is 4.79 Å². The van der Waals surface area contributed by atoms with Gasteiger partial charge in [-0.1, -0.05) is 0 Å². The summed E-state index contributed by atoms with van der Waals surface area (Å²) in [6.07, 6.45) is -0.759. The molecule has 0 spiro atoms. The number of carbonyl (C=O) groups excluding carboxylic acids is 2. The first-order chi connectivity index (χ1) is 9.97. The number of amides is 2. The number of hydrogen-bond acceptors (Lipinski definition) is 5. The predicted octanol–water partition coefficient (Wildman–Crippen LogP) is 0.374. The molecule has 22 heavy (non-hydrogen) atoms. The van der Waals surface area contributed by atoms with E-state index in [4.69, 9.17) is 9.84 Å². The quantitative estimate of drug-likeness (QED) is 0.704. The Labute approximate surface area is 131 Å². The fraction of sp³-hybridized carbons (Fsp3) is 0.786. The Bertz CT molecular complexity index is 406. The number of ether oxygens (including phenoxy) is 1. The normalized spacial score (nSPS) is 12.5. The summed E-state index contributed by atoms with van der Waals surface area (Å²) in [5.41, 5.74) is -0.578. The van der Waals surface area contributed by atoms with Gasteiger partial charge in [0.1, 0.15) is 5.60 Å². The Balaban J connectivity index is 4.42. The molecule has 0 bridgehead atoms. The van der Waals surface area contributed by atoms with E-state index in [-0.39, 0.29) is 18.9 Å². The lowest BCUT2D eigenvalue weighted by Gasteiger charge is -2.27. The van der Waals surface area contributed by atoms with Crippen LogP contribution in [0.1, 0.15) is 27.2 Å². The lowest BCUT2D eigenvalue weighted by molar-refractivity contribution is -0.142. The number of rotatable bonds is 7. The number of hydrogen-bond donors (Lipinski definition) is 2. The van der Waals surface area contributed by atoms with Crippen molar-refractivity contribution in [1.82, 2.24) is 15.1 Å². The zero-order valence-corrected chi connectivity index (χ0v) is 14.2. The van der Waals surface area contributed by atoms with Crippen LogP contribution in [0.2, 0.25) is 0 Å². The Kier molecular flexibility index (Phi) is 7.86. The molecule has 8 heteroatoms. The minimum Gasteiger partial charge on any atom is -0.481 e. The summed E-state index contributed by atoms with van der Waals surface area (Å²) in [5.74, 6) is -1.38. The molecule has 0 aromatic carbocycles. The highest BCUT2D eigenvalue weighted by molar-refractivity contribution is 5.86. The molecule has 0 unspecified atom stereocenters. The zero-order valence-electron chi connectivity index (χ0n) is 14.2. The van der Waals surface area contributed by atoms with Crippen LogP contribution in [-0.2, 0) is 14.3 Å². The van der Waals surface area contributed by atoms with Gasteiger partial charge < -0.3 is 25.0 Å². The van der Waals surface area contributed by atoms with Crippen molar-refractivity contribution in [2.45, 2.75) is 38.8 Å². The summed E-state index contributed by atoms with van der Waals surface area (Å²) >= 11 is 0. The minimum atomic E-state index is -1.05. The van der Waals surface area contributed by atoms with Crippen molar-refractivity contribution in [2.24, 2.45) is 0 Å². The third kappa shape index (κ3) is 7.82. The van der Waals surface area contributed by atoms with Crippen LogP contribution in [0.5, 0.6) is 0 Å².